The molecule has 5 nitrogen and oxygen atoms in total. The van der Waals surface area contributed by atoms with Crippen molar-refractivity contribution in [3.8, 4) is 11.1 Å². The first-order valence-electron chi connectivity index (χ1n) is 12.2. The quantitative estimate of drug-likeness (QED) is 0.355. The highest BCUT2D eigenvalue weighted by atomic mass is 19.4. The number of benzene rings is 2. The standard InChI is InChI=1S/C28H27F4N3O2.H2/c1-26(2)17-35-22(24(36)28(30,31)32)10-11-23(35)27(33-26)12-14-34(15-13-27)25(37)19-8-9-20(21(29)16-19)18-6-4-3-5-7-18;/h3-11,16,33H,12-15,17H2,1-2H3;1H. The molecule has 2 aromatic carbocycles. The van der Waals surface area contributed by atoms with Gasteiger partial charge in [-0.05, 0) is 56.5 Å². The Kier molecular flexibility index (Phi) is 6.02. The Hall–Kier alpha value is -3.46. The van der Waals surface area contributed by atoms with Gasteiger partial charge in [0.25, 0.3) is 11.7 Å². The van der Waals surface area contributed by atoms with Crippen molar-refractivity contribution in [1.29, 1.82) is 0 Å². The summed E-state index contributed by atoms with van der Waals surface area (Å²) in [6, 6.07) is 16.3. The van der Waals surface area contributed by atoms with Gasteiger partial charge >= 0.3 is 6.18 Å². The number of piperidine rings is 1. The lowest BCUT2D eigenvalue weighted by Gasteiger charge is -2.51. The zero-order valence-corrected chi connectivity index (χ0v) is 20.5. The second kappa shape index (κ2) is 8.83. The minimum atomic E-state index is -4.96. The van der Waals surface area contributed by atoms with Crippen molar-refractivity contribution in [3.63, 3.8) is 0 Å². The largest absolute Gasteiger partial charge is 0.456 e. The van der Waals surface area contributed by atoms with E-state index in [1.165, 1.54) is 16.7 Å². The topological polar surface area (TPSA) is 54.3 Å². The third-order valence-electron chi connectivity index (χ3n) is 7.30. The lowest BCUT2D eigenvalue weighted by molar-refractivity contribution is -0.0892. The number of Topliss-reactive ketones (excluding diaryl/α,β-unsaturated/α-hetero) is 1. The fraction of sp³-hybridized carbons (Fsp3) is 0.357. The van der Waals surface area contributed by atoms with E-state index in [1.807, 2.05) is 32.0 Å². The van der Waals surface area contributed by atoms with E-state index in [0.717, 1.165) is 5.56 Å². The Morgan fingerprint density at radius 3 is 2.27 bits per heavy atom. The number of likely N-dealkylation sites (tertiary alicyclic amines) is 1. The molecule has 1 spiro atoms. The van der Waals surface area contributed by atoms with E-state index < -0.39 is 28.9 Å². The average molecular weight is 516 g/mol. The first-order valence-corrected chi connectivity index (χ1v) is 12.2. The van der Waals surface area contributed by atoms with Gasteiger partial charge in [-0.25, -0.2) is 4.39 Å². The monoisotopic (exact) mass is 515 g/mol. The smallest absolute Gasteiger partial charge is 0.338 e. The summed E-state index contributed by atoms with van der Waals surface area (Å²) in [6.45, 7) is 4.64. The van der Waals surface area contributed by atoms with Crippen LogP contribution in [-0.2, 0) is 12.1 Å². The van der Waals surface area contributed by atoms with Crippen LogP contribution in [0.15, 0.2) is 60.7 Å². The van der Waals surface area contributed by atoms with Crippen molar-refractivity contribution in [1.82, 2.24) is 14.8 Å². The first-order chi connectivity index (χ1) is 17.4. The molecule has 0 saturated carbocycles. The zero-order valence-electron chi connectivity index (χ0n) is 20.5. The third-order valence-corrected chi connectivity index (χ3v) is 7.30. The molecule has 1 aromatic heterocycles. The summed E-state index contributed by atoms with van der Waals surface area (Å²) in [5.74, 6) is -2.65. The highest BCUT2D eigenvalue weighted by Gasteiger charge is 2.49. The summed E-state index contributed by atoms with van der Waals surface area (Å²) < 4.78 is 56.0. The summed E-state index contributed by atoms with van der Waals surface area (Å²) >= 11 is 0. The number of fused-ring (bicyclic) bond motifs is 2. The number of rotatable bonds is 3. The number of hydrogen-bond acceptors (Lipinski definition) is 3. The van der Waals surface area contributed by atoms with E-state index in [-0.39, 0.29) is 25.1 Å². The average Bonchev–Trinajstić information content (AvgIpc) is 3.26. The van der Waals surface area contributed by atoms with E-state index in [9.17, 15) is 27.2 Å². The maximum absolute atomic E-state index is 14.9. The van der Waals surface area contributed by atoms with Crippen LogP contribution in [0.3, 0.4) is 0 Å². The molecule has 37 heavy (non-hydrogen) atoms. The summed E-state index contributed by atoms with van der Waals surface area (Å²) in [6.07, 6.45) is -4.08. The van der Waals surface area contributed by atoms with E-state index >= 15 is 0 Å². The molecule has 196 valence electrons. The van der Waals surface area contributed by atoms with Crippen LogP contribution in [0.4, 0.5) is 17.6 Å². The van der Waals surface area contributed by atoms with Crippen molar-refractivity contribution in [2.75, 3.05) is 13.1 Å². The lowest BCUT2D eigenvalue weighted by Crippen LogP contribution is -2.63. The van der Waals surface area contributed by atoms with Gasteiger partial charge in [0.1, 0.15) is 5.82 Å². The van der Waals surface area contributed by atoms with Crippen LogP contribution in [0, 0.1) is 5.82 Å². The van der Waals surface area contributed by atoms with Crippen molar-refractivity contribution >= 4 is 11.7 Å². The Bertz CT molecular complexity index is 1360. The van der Waals surface area contributed by atoms with Gasteiger partial charge in [-0.3, -0.25) is 14.9 Å². The second-order valence-corrected chi connectivity index (χ2v) is 10.5. The molecular formula is C28H29F4N3O2. The molecule has 9 heteroatoms. The number of alkyl halides is 3. The van der Waals surface area contributed by atoms with Crippen molar-refractivity contribution in [2.45, 2.75) is 50.5 Å². The van der Waals surface area contributed by atoms with Crippen LogP contribution in [0.5, 0.6) is 0 Å². The maximum Gasteiger partial charge on any atom is 0.456 e. The molecule has 2 aliphatic heterocycles. The number of carbonyl (C=O) groups excluding carboxylic acids is 2. The molecule has 1 N–H and O–H groups in total. The molecule has 2 aliphatic rings. The van der Waals surface area contributed by atoms with Gasteiger partial charge in [0.05, 0.1) is 11.2 Å². The van der Waals surface area contributed by atoms with Gasteiger partial charge < -0.3 is 9.47 Å². The van der Waals surface area contributed by atoms with Gasteiger partial charge in [-0.2, -0.15) is 13.2 Å². The van der Waals surface area contributed by atoms with Gasteiger partial charge in [0, 0.05) is 43.4 Å². The number of aromatic nitrogens is 1. The number of halogens is 4. The maximum atomic E-state index is 14.9. The fourth-order valence-corrected chi connectivity index (χ4v) is 5.70. The summed E-state index contributed by atoms with van der Waals surface area (Å²) in [7, 11) is 0. The van der Waals surface area contributed by atoms with Crippen LogP contribution in [0.25, 0.3) is 11.1 Å². The molecule has 1 fully saturated rings. The van der Waals surface area contributed by atoms with E-state index in [1.54, 1.807) is 35.2 Å². The molecule has 5 rings (SSSR count). The Balaban J connectivity index is 0.00000336. The molecule has 3 heterocycles. The van der Waals surface area contributed by atoms with Gasteiger partial charge in [-0.15, -0.1) is 0 Å². The lowest BCUT2D eigenvalue weighted by atomic mass is 9.79. The summed E-state index contributed by atoms with van der Waals surface area (Å²) in [4.78, 5) is 26.9. The predicted molar refractivity (Wildman–Crippen MR) is 133 cm³/mol. The molecular weight excluding hydrogens is 486 g/mol. The van der Waals surface area contributed by atoms with Crippen molar-refractivity contribution in [3.05, 3.63) is 83.4 Å². The minimum Gasteiger partial charge on any atom is -0.338 e. The van der Waals surface area contributed by atoms with Crippen molar-refractivity contribution < 1.29 is 28.6 Å². The number of amides is 1. The molecule has 1 amide bonds. The molecule has 0 bridgehead atoms. The summed E-state index contributed by atoms with van der Waals surface area (Å²) in [5.41, 5.74) is 0.352. The SMILES string of the molecule is CC1(C)Cn2c(C(=O)C(F)(F)F)ccc2C2(CCN(C(=O)c3ccc(-c4ccccc4)c(F)c3)CC2)N1.[HH]. The molecule has 0 radical (unpaired) electrons. The molecule has 3 aromatic rings. The van der Waals surface area contributed by atoms with Crippen LogP contribution in [0.2, 0.25) is 0 Å². The summed E-state index contributed by atoms with van der Waals surface area (Å²) in [5, 5.41) is 3.58. The molecule has 0 aliphatic carbocycles. The number of ketones is 1. The highest BCUT2D eigenvalue weighted by molar-refractivity contribution is 5.99. The van der Waals surface area contributed by atoms with Crippen LogP contribution in [-0.4, -0.2) is 46.0 Å². The van der Waals surface area contributed by atoms with Crippen LogP contribution in [0.1, 0.15) is 54.7 Å². The Labute approximate surface area is 213 Å². The Morgan fingerprint density at radius 1 is 0.973 bits per heavy atom. The third kappa shape index (κ3) is 4.56. The number of nitrogens with zero attached hydrogens (tertiary/aromatic N) is 2. The number of nitrogens with one attached hydrogen (secondary N) is 1. The van der Waals surface area contributed by atoms with Gasteiger partial charge in [-0.1, -0.05) is 36.4 Å². The van der Waals surface area contributed by atoms with Gasteiger partial charge in [0.15, 0.2) is 0 Å². The van der Waals surface area contributed by atoms with E-state index in [4.69, 9.17) is 0 Å². The van der Waals surface area contributed by atoms with Crippen LogP contribution < -0.4 is 5.32 Å². The Morgan fingerprint density at radius 2 is 1.65 bits per heavy atom. The first kappa shape index (κ1) is 25.2. The number of carbonyl (C=O) groups is 2. The molecule has 1 saturated heterocycles. The van der Waals surface area contributed by atoms with E-state index in [2.05, 4.69) is 5.32 Å². The van der Waals surface area contributed by atoms with Crippen LogP contribution >= 0.6 is 0 Å². The van der Waals surface area contributed by atoms with E-state index in [0.29, 0.717) is 37.2 Å². The predicted octanol–water partition coefficient (Wildman–Crippen LogP) is 5.80. The fourth-order valence-electron chi connectivity index (χ4n) is 5.70. The van der Waals surface area contributed by atoms with Gasteiger partial charge in [0.2, 0.25) is 0 Å². The number of hydrogen-bond donors (Lipinski definition) is 1. The zero-order chi connectivity index (χ0) is 26.6. The second-order valence-electron chi connectivity index (χ2n) is 10.5. The minimum absolute atomic E-state index is 0. The molecule has 0 atom stereocenters. The van der Waals surface area contributed by atoms with Crippen molar-refractivity contribution in [2.24, 2.45) is 0 Å². The highest BCUT2D eigenvalue weighted by Crippen LogP contribution is 2.41. The molecule has 0 unspecified atom stereocenters. The normalized spacial score (nSPS) is 18.5.